The van der Waals surface area contributed by atoms with Crippen molar-refractivity contribution >= 4 is 23.4 Å². The van der Waals surface area contributed by atoms with Gasteiger partial charge in [-0.05, 0) is 37.5 Å². The zero-order valence-electron chi connectivity index (χ0n) is 15.1. The number of nitrogens with one attached hydrogen (secondary N) is 1. The zero-order chi connectivity index (χ0) is 18.2. The van der Waals surface area contributed by atoms with Gasteiger partial charge in [-0.3, -0.25) is 14.5 Å². The highest BCUT2D eigenvalue weighted by atomic mass is 35.5. The first-order valence-corrected chi connectivity index (χ1v) is 9.39. The lowest BCUT2D eigenvalue weighted by molar-refractivity contribution is -0.133. The Morgan fingerprint density at radius 2 is 1.96 bits per heavy atom. The van der Waals surface area contributed by atoms with Gasteiger partial charge in [0.15, 0.2) is 0 Å². The Labute approximate surface area is 155 Å². The molecule has 1 saturated heterocycles. The highest BCUT2D eigenvalue weighted by Gasteiger charge is 2.22. The van der Waals surface area contributed by atoms with Crippen LogP contribution < -0.4 is 5.32 Å². The number of nitrogens with zero attached hydrogens (tertiary/aromatic N) is 2. The first-order valence-electron chi connectivity index (χ1n) is 9.02. The lowest BCUT2D eigenvalue weighted by atomic mass is 10.1. The van der Waals surface area contributed by atoms with Gasteiger partial charge in [-0.15, -0.1) is 0 Å². The Balaban J connectivity index is 1.70. The molecule has 138 valence electrons. The maximum absolute atomic E-state index is 12.4. The molecular weight excluding hydrogens is 338 g/mol. The highest BCUT2D eigenvalue weighted by molar-refractivity contribution is 6.30. The summed E-state index contributed by atoms with van der Waals surface area (Å²) >= 11 is 5.97. The van der Waals surface area contributed by atoms with Crippen molar-refractivity contribution in [3.63, 3.8) is 0 Å². The first kappa shape index (κ1) is 19.7. The molecule has 1 atom stereocenters. The van der Waals surface area contributed by atoms with Crippen molar-refractivity contribution < 1.29 is 9.59 Å². The monoisotopic (exact) mass is 365 g/mol. The van der Waals surface area contributed by atoms with Crippen molar-refractivity contribution in [1.29, 1.82) is 0 Å². The van der Waals surface area contributed by atoms with Crippen molar-refractivity contribution in [2.75, 3.05) is 32.7 Å². The number of benzene rings is 1. The second-order valence-corrected chi connectivity index (χ2v) is 7.10. The molecule has 1 aliphatic rings. The second-order valence-electron chi connectivity index (χ2n) is 6.66. The van der Waals surface area contributed by atoms with Crippen molar-refractivity contribution in [3.8, 4) is 0 Å². The fraction of sp³-hybridized carbons (Fsp3) is 0.579. The van der Waals surface area contributed by atoms with Gasteiger partial charge in [-0.2, -0.15) is 0 Å². The van der Waals surface area contributed by atoms with Crippen LogP contribution in [0.5, 0.6) is 0 Å². The van der Waals surface area contributed by atoms with Gasteiger partial charge in [-0.25, -0.2) is 0 Å². The SMILES string of the molecule is CCC(C)NC(=O)CN1CCN(C(=O)CCc2cccc(Cl)c2)CC1. The Bertz CT molecular complexity index is 586. The molecule has 6 heteroatoms. The summed E-state index contributed by atoms with van der Waals surface area (Å²) in [5.41, 5.74) is 1.08. The molecule has 0 bridgehead atoms. The summed E-state index contributed by atoms with van der Waals surface area (Å²) in [5.74, 6) is 0.235. The molecule has 1 heterocycles. The van der Waals surface area contributed by atoms with E-state index in [0.29, 0.717) is 37.5 Å². The Kier molecular flexibility index (Phi) is 7.72. The molecule has 5 nitrogen and oxygen atoms in total. The van der Waals surface area contributed by atoms with E-state index < -0.39 is 0 Å². The largest absolute Gasteiger partial charge is 0.353 e. The van der Waals surface area contributed by atoms with Crippen molar-refractivity contribution in [1.82, 2.24) is 15.1 Å². The number of amides is 2. The van der Waals surface area contributed by atoms with Crippen molar-refractivity contribution in [2.24, 2.45) is 0 Å². The van der Waals surface area contributed by atoms with Crippen LogP contribution >= 0.6 is 11.6 Å². The van der Waals surface area contributed by atoms with Crippen LogP contribution in [0, 0.1) is 0 Å². The molecule has 0 saturated carbocycles. The third-order valence-corrected chi connectivity index (χ3v) is 4.86. The maximum Gasteiger partial charge on any atom is 0.234 e. The fourth-order valence-corrected chi connectivity index (χ4v) is 3.10. The number of piperazine rings is 1. The Morgan fingerprint density at radius 3 is 2.60 bits per heavy atom. The molecule has 1 fully saturated rings. The number of hydrogen-bond acceptors (Lipinski definition) is 3. The van der Waals surface area contributed by atoms with Crippen LogP contribution in [0.2, 0.25) is 5.02 Å². The molecule has 2 amide bonds. The lowest BCUT2D eigenvalue weighted by Crippen LogP contribution is -2.51. The summed E-state index contributed by atoms with van der Waals surface area (Å²) in [7, 11) is 0. The normalized spacial score (nSPS) is 16.5. The minimum absolute atomic E-state index is 0.0649. The van der Waals surface area contributed by atoms with Gasteiger partial charge < -0.3 is 10.2 Å². The molecule has 0 aliphatic carbocycles. The van der Waals surface area contributed by atoms with E-state index in [4.69, 9.17) is 11.6 Å². The van der Waals surface area contributed by atoms with E-state index in [1.165, 1.54) is 0 Å². The molecule has 2 rings (SSSR count). The zero-order valence-corrected chi connectivity index (χ0v) is 15.9. The molecule has 1 aromatic carbocycles. The highest BCUT2D eigenvalue weighted by Crippen LogP contribution is 2.13. The predicted molar refractivity (Wildman–Crippen MR) is 101 cm³/mol. The van der Waals surface area contributed by atoms with Gasteiger partial charge in [0.25, 0.3) is 0 Å². The van der Waals surface area contributed by atoms with E-state index in [0.717, 1.165) is 25.1 Å². The van der Waals surface area contributed by atoms with Gasteiger partial charge in [-0.1, -0.05) is 30.7 Å². The number of hydrogen-bond donors (Lipinski definition) is 1. The maximum atomic E-state index is 12.4. The molecule has 0 spiro atoms. The van der Waals surface area contributed by atoms with E-state index in [1.54, 1.807) is 0 Å². The molecule has 1 unspecified atom stereocenters. The van der Waals surface area contributed by atoms with Gasteiger partial charge in [0.2, 0.25) is 11.8 Å². The van der Waals surface area contributed by atoms with Crippen molar-refractivity contribution in [2.45, 2.75) is 39.2 Å². The summed E-state index contributed by atoms with van der Waals surface area (Å²) < 4.78 is 0. The van der Waals surface area contributed by atoms with E-state index in [1.807, 2.05) is 36.1 Å². The molecule has 25 heavy (non-hydrogen) atoms. The summed E-state index contributed by atoms with van der Waals surface area (Å²) in [6, 6.07) is 7.85. The van der Waals surface area contributed by atoms with Gasteiger partial charge in [0, 0.05) is 43.7 Å². The standard InChI is InChI=1S/C19H28ClN3O2/c1-3-15(2)21-18(24)14-22-9-11-23(12-10-22)19(25)8-7-16-5-4-6-17(20)13-16/h4-6,13,15H,3,7-12,14H2,1-2H3,(H,21,24). The Morgan fingerprint density at radius 1 is 1.24 bits per heavy atom. The molecule has 1 aromatic rings. The summed E-state index contributed by atoms with van der Waals surface area (Å²) in [6.07, 6.45) is 2.13. The summed E-state index contributed by atoms with van der Waals surface area (Å²) in [4.78, 5) is 28.3. The third-order valence-electron chi connectivity index (χ3n) is 4.63. The predicted octanol–water partition coefficient (Wildman–Crippen LogP) is 2.33. The third kappa shape index (κ3) is 6.67. The number of carbonyl (C=O) groups excluding carboxylic acids is 2. The molecular formula is C19H28ClN3O2. The topological polar surface area (TPSA) is 52.7 Å². The van der Waals surface area contributed by atoms with Crippen LogP contribution in [0.25, 0.3) is 0 Å². The van der Waals surface area contributed by atoms with Crippen LogP contribution in [0.1, 0.15) is 32.3 Å². The second kappa shape index (κ2) is 9.78. The minimum atomic E-state index is 0.0649. The van der Waals surface area contributed by atoms with Gasteiger partial charge >= 0.3 is 0 Å². The molecule has 1 aliphatic heterocycles. The number of aryl methyl sites for hydroxylation is 1. The van der Waals surface area contributed by atoms with E-state index >= 15 is 0 Å². The van der Waals surface area contributed by atoms with E-state index in [2.05, 4.69) is 17.1 Å². The average Bonchev–Trinajstić information content (AvgIpc) is 2.60. The van der Waals surface area contributed by atoms with E-state index in [9.17, 15) is 9.59 Å². The number of carbonyl (C=O) groups is 2. The van der Waals surface area contributed by atoms with Gasteiger partial charge in [0.1, 0.15) is 0 Å². The van der Waals surface area contributed by atoms with E-state index in [-0.39, 0.29) is 17.9 Å². The Hall–Kier alpha value is -1.59. The van der Waals surface area contributed by atoms with Crippen LogP contribution in [-0.2, 0) is 16.0 Å². The quantitative estimate of drug-likeness (QED) is 0.806. The molecule has 0 radical (unpaired) electrons. The van der Waals surface area contributed by atoms with Gasteiger partial charge in [0.05, 0.1) is 6.54 Å². The summed E-state index contributed by atoms with van der Waals surface area (Å²) in [6.45, 7) is 7.34. The fourth-order valence-electron chi connectivity index (χ4n) is 2.88. The smallest absolute Gasteiger partial charge is 0.234 e. The molecule has 1 N–H and O–H groups in total. The number of halogens is 1. The van der Waals surface area contributed by atoms with Crippen molar-refractivity contribution in [3.05, 3.63) is 34.9 Å². The number of rotatable bonds is 7. The molecule has 0 aromatic heterocycles. The average molecular weight is 366 g/mol. The van der Waals surface area contributed by atoms with Crippen LogP contribution in [0.4, 0.5) is 0 Å². The minimum Gasteiger partial charge on any atom is -0.353 e. The van der Waals surface area contributed by atoms with Crippen LogP contribution in [-0.4, -0.2) is 60.4 Å². The first-order chi connectivity index (χ1) is 12.0. The van der Waals surface area contributed by atoms with Crippen LogP contribution in [0.3, 0.4) is 0 Å². The van der Waals surface area contributed by atoms with Crippen LogP contribution in [0.15, 0.2) is 24.3 Å². The lowest BCUT2D eigenvalue weighted by Gasteiger charge is -2.34. The summed E-state index contributed by atoms with van der Waals surface area (Å²) in [5, 5.41) is 3.68.